The molecule has 104 valence electrons. The Balaban J connectivity index is 1.85. The molecule has 1 heterocycles. The van der Waals surface area contributed by atoms with Gasteiger partial charge in [-0.1, -0.05) is 37.3 Å². The van der Waals surface area contributed by atoms with Crippen LogP contribution in [0.4, 0.5) is 4.79 Å². The number of nitrogens with zero attached hydrogens (tertiary/aromatic N) is 1. The number of ether oxygens (including phenoxy) is 1. The summed E-state index contributed by atoms with van der Waals surface area (Å²) in [7, 11) is 0. The first-order chi connectivity index (χ1) is 9.16. The van der Waals surface area contributed by atoms with Crippen LogP contribution in [0.1, 0.15) is 19.4 Å². The van der Waals surface area contributed by atoms with Gasteiger partial charge in [-0.15, -0.1) is 0 Å². The Morgan fingerprint density at radius 3 is 2.84 bits per heavy atom. The SMILES string of the molecule is CC1CN(C(=O)OCc2ccccc2)CCNC1C. The van der Waals surface area contributed by atoms with Crippen LogP contribution < -0.4 is 5.32 Å². The monoisotopic (exact) mass is 262 g/mol. The molecule has 0 bridgehead atoms. The van der Waals surface area contributed by atoms with Gasteiger partial charge in [-0.3, -0.25) is 0 Å². The molecule has 1 aliphatic rings. The van der Waals surface area contributed by atoms with Gasteiger partial charge < -0.3 is 15.0 Å². The first-order valence-electron chi connectivity index (χ1n) is 6.86. The predicted molar refractivity (Wildman–Crippen MR) is 74.8 cm³/mol. The molecule has 0 aliphatic carbocycles. The second-order valence-electron chi connectivity index (χ2n) is 5.21. The zero-order chi connectivity index (χ0) is 13.7. The van der Waals surface area contributed by atoms with Crippen LogP contribution in [0.2, 0.25) is 0 Å². The number of nitrogens with one attached hydrogen (secondary N) is 1. The van der Waals surface area contributed by atoms with Crippen LogP contribution in [-0.4, -0.2) is 36.7 Å². The number of amides is 1. The molecule has 1 fully saturated rings. The molecule has 0 saturated carbocycles. The van der Waals surface area contributed by atoms with Crippen molar-refractivity contribution in [2.45, 2.75) is 26.5 Å². The van der Waals surface area contributed by atoms with E-state index in [2.05, 4.69) is 19.2 Å². The average molecular weight is 262 g/mol. The van der Waals surface area contributed by atoms with Crippen molar-refractivity contribution >= 4 is 6.09 Å². The van der Waals surface area contributed by atoms with Crippen LogP contribution in [0.25, 0.3) is 0 Å². The summed E-state index contributed by atoms with van der Waals surface area (Å²) in [6.07, 6.45) is -0.216. The van der Waals surface area contributed by atoms with Crippen molar-refractivity contribution < 1.29 is 9.53 Å². The lowest BCUT2D eigenvalue weighted by Crippen LogP contribution is -2.36. The van der Waals surface area contributed by atoms with Gasteiger partial charge in [0.15, 0.2) is 0 Å². The Kier molecular flexibility index (Phi) is 4.80. The zero-order valence-corrected chi connectivity index (χ0v) is 11.6. The minimum atomic E-state index is -0.216. The Labute approximate surface area is 114 Å². The standard InChI is InChI=1S/C15H22N2O2/c1-12-10-17(9-8-16-13(12)2)15(18)19-11-14-6-4-3-5-7-14/h3-7,12-13,16H,8-11H2,1-2H3. The lowest BCUT2D eigenvalue weighted by Gasteiger charge is -2.23. The van der Waals surface area contributed by atoms with Gasteiger partial charge in [-0.05, 0) is 18.4 Å². The van der Waals surface area contributed by atoms with Gasteiger partial charge in [0, 0.05) is 25.7 Å². The number of hydrogen-bond donors (Lipinski definition) is 1. The maximum absolute atomic E-state index is 12.1. The van der Waals surface area contributed by atoms with Crippen LogP contribution in [0.5, 0.6) is 0 Å². The van der Waals surface area contributed by atoms with Gasteiger partial charge in [0.05, 0.1) is 0 Å². The molecule has 1 aromatic carbocycles. The number of hydrogen-bond acceptors (Lipinski definition) is 3. The number of rotatable bonds is 2. The smallest absolute Gasteiger partial charge is 0.410 e. The molecule has 0 aromatic heterocycles. The van der Waals surface area contributed by atoms with Crippen LogP contribution in [0, 0.1) is 5.92 Å². The number of carbonyl (C=O) groups excluding carboxylic acids is 1. The minimum Gasteiger partial charge on any atom is -0.445 e. The van der Waals surface area contributed by atoms with Gasteiger partial charge in [0.25, 0.3) is 0 Å². The van der Waals surface area contributed by atoms with Crippen molar-refractivity contribution in [1.82, 2.24) is 10.2 Å². The van der Waals surface area contributed by atoms with E-state index >= 15 is 0 Å². The second kappa shape index (κ2) is 6.57. The Morgan fingerprint density at radius 1 is 1.37 bits per heavy atom. The summed E-state index contributed by atoms with van der Waals surface area (Å²) in [6, 6.07) is 10.2. The molecule has 19 heavy (non-hydrogen) atoms. The molecule has 1 aromatic rings. The third-order valence-electron chi connectivity index (χ3n) is 3.67. The predicted octanol–water partition coefficient (Wildman–Crippen LogP) is 2.25. The van der Waals surface area contributed by atoms with Gasteiger partial charge in [0.2, 0.25) is 0 Å². The fourth-order valence-corrected chi connectivity index (χ4v) is 2.20. The van der Waals surface area contributed by atoms with E-state index in [0.717, 1.165) is 18.7 Å². The first-order valence-corrected chi connectivity index (χ1v) is 6.86. The average Bonchev–Trinajstić information content (AvgIpc) is 2.60. The highest BCUT2D eigenvalue weighted by atomic mass is 16.6. The molecule has 1 N–H and O–H groups in total. The maximum Gasteiger partial charge on any atom is 0.410 e. The van der Waals surface area contributed by atoms with E-state index in [-0.39, 0.29) is 6.09 Å². The molecule has 4 nitrogen and oxygen atoms in total. The van der Waals surface area contributed by atoms with Crippen molar-refractivity contribution in [3.63, 3.8) is 0 Å². The summed E-state index contributed by atoms with van der Waals surface area (Å²) in [5.41, 5.74) is 1.02. The van der Waals surface area contributed by atoms with Crippen LogP contribution >= 0.6 is 0 Å². The molecule has 2 rings (SSSR count). The molecular weight excluding hydrogens is 240 g/mol. The molecule has 4 heteroatoms. The molecule has 0 radical (unpaired) electrons. The number of benzene rings is 1. The third-order valence-corrected chi connectivity index (χ3v) is 3.67. The first kappa shape index (κ1) is 13.9. The Hall–Kier alpha value is -1.55. The molecule has 0 spiro atoms. The van der Waals surface area contributed by atoms with E-state index in [1.54, 1.807) is 4.90 Å². The van der Waals surface area contributed by atoms with E-state index in [1.165, 1.54) is 0 Å². The lowest BCUT2D eigenvalue weighted by molar-refractivity contribution is 0.0944. The highest BCUT2D eigenvalue weighted by molar-refractivity contribution is 5.67. The topological polar surface area (TPSA) is 41.6 Å². The summed E-state index contributed by atoms with van der Waals surface area (Å²) in [4.78, 5) is 13.8. The lowest BCUT2D eigenvalue weighted by atomic mass is 10.0. The van der Waals surface area contributed by atoms with E-state index < -0.39 is 0 Å². The third kappa shape index (κ3) is 3.96. The van der Waals surface area contributed by atoms with E-state index in [4.69, 9.17) is 4.74 Å². The van der Waals surface area contributed by atoms with Crippen LogP contribution in [0.15, 0.2) is 30.3 Å². The van der Waals surface area contributed by atoms with Gasteiger partial charge in [-0.2, -0.15) is 0 Å². The molecule has 1 amide bonds. The van der Waals surface area contributed by atoms with E-state index in [1.807, 2.05) is 30.3 Å². The fourth-order valence-electron chi connectivity index (χ4n) is 2.20. The molecular formula is C15H22N2O2. The van der Waals surface area contributed by atoms with E-state index in [9.17, 15) is 4.79 Å². The van der Waals surface area contributed by atoms with Gasteiger partial charge in [0.1, 0.15) is 6.61 Å². The van der Waals surface area contributed by atoms with Gasteiger partial charge in [-0.25, -0.2) is 4.79 Å². The second-order valence-corrected chi connectivity index (χ2v) is 5.21. The fraction of sp³-hybridized carbons (Fsp3) is 0.533. The van der Waals surface area contributed by atoms with E-state index in [0.29, 0.717) is 25.1 Å². The van der Waals surface area contributed by atoms with Crippen molar-refractivity contribution in [1.29, 1.82) is 0 Å². The van der Waals surface area contributed by atoms with Crippen LogP contribution in [-0.2, 0) is 11.3 Å². The Morgan fingerprint density at radius 2 is 2.11 bits per heavy atom. The highest BCUT2D eigenvalue weighted by Crippen LogP contribution is 2.11. The van der Waals surface area contributed by atoms with Crippen molar-refractivity contribution in [2.24, 2.45) is 5.92 Å². The summed E-state index contributed by atoms with van der Waals surface area (Å²) < 4.78 is 5.37. The molecule has 2 unspecified atom stereocenters. The molecule has 1 saturated heterocycles. The van der Waals surface area contributed by atoms with Crippen molar-refractivity contribution in [3.05, 3.63) is 35.9 Å². The van der Waals surface area contributed by atoms with Gasteiger partial charge >= 0.3 is 6.09 Å². The summed E-state index contributed by atoms with van der Waals surface area (Å²) in [5.74, 6) is 0.437. The summed E-state index contributed by atoms with van der Waals surface area (Å²) >= 11 is 0. The molecule has 2 atom stereocenters. The van der Waals surface area contributed by atoms with Crippen LogP contribution in [0.3, 0.4) is 0 Å². The maximum atomic E-state index is 12.1. The summed E-state index contributed by atoms with van der Waals surface area (Å²) in [6.45, 7) is 6.94. The summed E-state index contributed by atoms with van der Waals surface area (Å²) in [5, 5.41) is 3.40. The Bertz CT molecular complexity index is 408. The van der Waals surface area contributed by atoms with Crippen molar-refractivity contribution in [3.8, 4) is 0 Å². The largest absolute Gasteiger partial charge is 0.445 e. The minimum absolute atomic E-state index is 0.216. The molecule has 1 aliphatic heterocycles. The quantitative estimate of drug-likeness (QED) is 0.889. The normalized spacial score (nSPS) is 23.8. The zero-order valence-electron chi connectivity index (χ0n) is 11.6. The van der Waals surface area contributed by atoms with Crippen molar-refractivity contribution in [2.75, 3.05) is 19.6 Å². The number of carbonyl (C=O) groups is 1. The highest BCUT2D eigenvalue weighted by Gasteiger charge is 2.24.